The summed E-state index contributed by atoms with van der Waals surface area (Å²) in [5.41, 5.74) is 9.48. The first kappa shape index (κ1) is 12.1. The van der Waals surface area contributed by atoms with E-state index in [0.717, 1.165) is 40.7 Å². The third-order valence-electron chi connectivity index (χ3n) is 3.72. The summed E-state index contributed by atoms with van der Waals surface area (Å²) in [6.07, 6.45) is 3.67. The average molecular weight is 257 g/mol. The van der Waals surface area contributed by atoms with E-state index in [-0.39, 0.29) is 0 Å². The SMILES string of the molecule is COc1ccc(-c2c(CC3CC3)nn(C)c2N)cc1. The van der Waals surface area contributed by atoms with Crippen LogP contribution in [0.1, 0.15) is 18.5 Å². The van der Waals surface area contributed by atoms with Crippen molar-refractivity contribution in [3.8, 4) is 16.9 Å². The van der Waals surface area contributed by atoms with E-state index in [2.05, 4.69) is 5.10 Å². The molecule has 1 aliphatic carbocycles. The van der Waals surface area contributed by atoms with Gasteiger partial charge in [0.05, 0.1) is 12.8 Å². The number of ether oxygens (including phenoxy) is 1. The van der Waals surface area contributed by atoms with Crippen LogP contribution in [0.4, 0.5) is 5.82 Å². The standard InChI is InChI=1S/C15H19N3O/c1-18-15(16)14(13(17-18)9-10-3-4-10)11-5-7-12(19-2)8-6-11/h5-8,10H,3-4,9,16H2,1-2H3. The van der Waals surface area contributed by atoms with E-state index >= 15 is 0 Å². The minimum atomic E-state index is 0.737. The number of benzene rings is 1. The molecule has 4 heteroatoms. The second-order valence-electron chi connectivity index (χ2n) is 5.21. The van der Waals surface area contributed by atoms with Gasteiger partial charge in [-0.2, -0.15) is 5.10 Å². The molecule has 2 aromatic rings. The molecule has 1 aliphatic rings. The fourth-order valence-corrected chi connectivity index (χ4v) is 2.41. The highest BCUT2D eigenvalue weighted by Gasteiger charge is 2.26. The zero-order chi connectivity index (χ0) is 13.4. The lowest BCUT2D eigenvalue weighted by atomic mass is 10.0. The molecule has 0 unspecified atom stereocenters. The zero-order valence-corrected chi connectivity index (χ0v) is 11.4. The number of hydrogen-bond donors (Lipinski definition) is 1. The molecule has 100 valence electrons. The monoisotopic (exact) mass is 257 g/mol. The van der Waals surface area contributed by atoms with Gasteiger partial charge in [-0.3, -0.25) is 4.68 Å². The number of nitrogen functional groups attached to an aromatic ring is 1. The second-order valence-corrected chi connectivity index (χ2v) is 5.21. The normalized spacial score (nSPS) is 14.6. The molecule has 1 aromatic carbocycles. The Labute approximate surface area is 113 Å². The third kappa shape index (κ3) is 2.30. The summed E-state index contributed by atoms with van der Waals surface area (Å²) >= 11 is 0. The van der Waals surface area contributed by atoms with Gasteiger partial charge in [-0.05, 0) is 42.9 Å². The smallest absolute Gasteiger partial charge is 0.129 e. The van der Waals surface area contributed by atoms with Crippen LogP contribution in [0.15, 0.2) is 24.3 Å². The molecule has 0 spiro atoms. The highest BCUT2D eigenvalue weighted by molar-refractivity contribution is 5.77. The molecular formula is C15H19N3O. The van der Waals surface area contributed by atoms with E-state index < -0.39 is 0 Å². The Morgan fingerprint density at radius 1 is 1.32 bits per heavy atom. The molecule has 0 bridgehead atoms. The van der Waals surface area contributed by atoms with Gasteiger partial charge in [-0.25, -0.2) is 0 Å². The molecular weight excluding hydrogens is 238 g/mol. The van der Waals surface area contributed by atoms with Crippen molar-refractivity contribution < 1.29 is 4.74 Å². The number of methoxy groups -OCH3 is 1. The van der Waals surface area contributed by atoms with Crippen molar-refractivity contribution in [3.63, 3.8) is 0 Å². The Kier molecular flexibility index (Phi) is 2.93. The molecule has 1 fully saturated rings. The maximum absolute atomic E-state index is 6.17. The zero-order valence-electron chi connectivity index (χ0n) is 11.4. The number of nitrogens with two attached hydrogens (primary N) is 1. The number of hydrogen-bond acceptors (Lipinski definition) is 3. The van der Waals surface area contributed by atoms with Crippen LogP contribution in [-0.4, -0.2) is 16.9 Å². The van der Waals surface area contributed by atoms with Crippen LogP contribution in [0.5, 0.6) is 5.75 Å². The maximum atomic E-state index is 6.17. The van der Waals surface area contributed by atoms with Crippen LogP contribution in [-0.2, 0) is 13.5 Å². The lowest BCUT2D eigenvalue weighted by Crippen LogP contribution is -1.98. The molecule has 0 aliphatic heterocycles. The summed E-state index contributed by atoms with van der Waals surface area (Å²) in [5.74, 6) is 2.39. The Morgan fingerprint density at radius 2 is 2.00 bits per heavy atom. The van der Waals surface area contributed by atoms with Gasteiger partial charge in [-0.1, -0.05) is 12.1 Å². The van der Waals surface area contributed by atoms with Crippen LogP contribution in [0.3, 0.4) is 0 Å². The highest BCUT2D eigenvalue weighted by Crippen LogP contribution is 2.37. The number of rotatable bonds is 4. The molecule has 0 atom stereocenters. The topological polar surface area (TPSA) is 53.1 Å². The molecule has 1 heterocycles. The van der Waals surface area contributed by atoms with Gasteiger partial charge in [0, 0.05) is 12.6 Å². The van der Waals surface area contributed by atoms with Crippen molar-refractivity contribution >= 4 is 5.82 Å². The van der Waals surface area contributed by atoms with Crippen molar-refractivity contribution in [2.75, 3.05) is 12.8 Å². The predicted molar refractivity (Wildman–Crippen MR) is 76.0 cm³/mol. The van der Waals surface area contributed by atoms with E-state index in [1.54, 1.807) is 11.8 Å². The number of aryl methyl sites for hydroxylation is 1. The van der Waals surface area contributed by atoms with Gasteiger partial charge in [-0.15, -0.1) is 0 Å². The molecule has 0 saturated heterocycles. The van der Waals surface area contributed by atoms with Gasteiger partial charge in [0.25, 0.3) is 0 Å². The summed E-state index contributed by atoms with van der Waals surface area (Å²) in [5, 5.41) is 4.57. The fourth-order valence-electron chi connectivity index (χ4n) is 2.41. The van der Waals surface area contributed by atoms with Crippen LogP contribution >= 0.6 is 0 Å². The average Bonchev–Trinajstić information content (AvgIpc) is 3.18. The van der Waals surface area contributed by atoms with Gasteiger partial charge in [0.15, 0.2) is 0 Å². The maximum Gasteiger partial charge on any atom is 0.129 e. The molecule has 1 saturated carbocycles. The molecule has 19 heavy (non-hydrogen) atoms. The summed E-state index contributed by atoms with van der Waals surface area (Å²) in [6.45, 7) is 0. The van der Waals surface area contributed by atoms with E-state index in [1.165, 1.54) is 12.8 Å². The van der Waals surface area contributed by atoms with Gasteiger partial charge >= 0.3 is 0 Å². The van der Waals surface area contributed by atoms with Gasteiger partial charge in [0.2, 0.25) is 0 Å². The van der Waals surface area contributed by atoms with E-state index in [9.17, 15) is 0 Å². The van der Waals surface area contributed by atoms with Gasteiger partial charge < -0.3 is 10.5 Å². The highest BCUT2D eigenvalue weighted by atomic mass is 16.5. The van der Waals surface area contributed by atoms with Crippen molar-refractivity contribution in [1.29, 1.82) is 0 Å². The first-order chi connectivity index (χ1) is 9.19. The van der Waals surface area contributed by atoms with Crippen molar-refractivity contribution in [1.82, 2.24) is 9.78 Å². The molecule has 1 aromatic heterocycles. The Hall–Kier alpha value is -1.97. The van der Waals surface area contributed by atoms with Crippen LogP contribution in [0.2, 0.25) is 0 Å². The molecule has 0 amide bonds. The molecule has 2 N–H and O–H groups in total. The minimum absolute atomic E-state index is 0.737. The van der Waals surface area contributed by atoms with E-state index in [0.29, 0.717) is 0 Å². The van der Waals surface area contributed by atoms with E-state index in [1.807, 2.05) is 31.3 Å². The summed E-state index contributed by atoms with van der Waals surface area (Å²) < 4.78 is 6.97. The van der Waals surface area contributed by atoms with Crippen LogP contribution < -0.4 is 10.5 Å². The Balaban J connectivity index is 2.00. The quantitative estimate of drug-likeness (QED) is 0.916. The number of anilines is 1. The summed E-state index contributed by atoms with van der Waals surface area (Å²) in [6, 6.07) is 8.01. The van der Waals surface area contributed by atoms with Crippen LogP contribution in [0.25, 0.3) is 11.1 Å². The van der Waals surface area contributed by atoms with Crippen molar-refractivity contribution in [3.05, 3.63) is 30.0 Å². The van der Waals surface area contributed by atoms with Gasteiger partial charge in [0.1, 0.15) is 11.6 Å². The summed E-state index contributed by atoms with van der Waals surface area (Å²) in [4.78, 5) is 0. The Morgan fingerprint density at radius 3 is 2.58 bits per heavy atom. The Bertz CT molecular complexity index is 582. The molecule has 4 nitrogen and oxygen atoms in total. The largest absolute Gasteiger partial charge is 0.497 e. The lowest BCUT2D eigenvalue weighted by Gasteiger charge is -2.05. The predicted octanol–water partition coefficient (Wildman–Crippen LogP) is 2.63. The van der Waals surface area contributed by atoms with Crippen LogP contribution in [0, 0.1) is 5.92 Å². The number of nitrogens with zero attached hydrogens (tertiary/aromatic N) is 2. The number of aromatic nitrogens is 2. The second kappa shape index (κ2) is 4.61. The van der Waals surface area contributed by atoms with E-state index in [4.69, 9.17) is 10.5 Å². The molecule has 0 radical (unpaired) electrons. The first-order valence-corrected chi connectivity index (χ1v) is 6.65. The van der Waals surface area contributed by atoms with Crippen molar-refractivity contribution in [2.45, 2.75) is 19.3 Å². The summed E-state index contributed by atoms with van der Waals surface area (Å²) in [7, 11) is 3.57. The minimum Gasteiger partial charge on any atom is -0.497 e. The lowest BCUT2D eigenvalue weighted by molar-refractivity contribution is 0.415. The van der Waals surface area contributed by atoms with Crippen molar-refractivity contribution in [2.24, 2.45) is 13.0 Å². The molecule has 3 rings (SSSR count). The fraction of sp³-hybridized carbons (Fsp3) is 0.400. The third-order valence-corrected chi connectivity index (χ3v) is 3.72. The first-order valence-electron chi connectivity index (χ1n) is 6.65.